The highest BCUT2D eigenvalue weighted by molar-refractivity contribution is 6.23. The lowest BCUT2D eigenvalue weighted by molar-refractivity contribution is 0.0254. The topological polar surface area (TPSA) is 137 Å². The minimum Gasteiger partial charge on any atom is -0.491 e. The summed E-state index contributed by atoms with van der Waals surface area (Å²) in [5.41, 5.74) is 3.09. The monoisotopic (exact) mass is 694 g/mol. The molecule has 0 saturated carbocycles. The standard InChI is InChI=1S/C39H38N2O10/c42-39(43)26-21-27-23-28(22-26)49-18-14-45-10-12-47-16-20-51-36-25-34-33(24-35(36)50-19-15-46-11-9-44-13-17-48-27)40-37-31-7-3-1-5-29(31)30-6-2-4-8-32(30)38(37)41-34/h1-8,21-25H,9-20H2,(H,42,43). The Bertz CT molecular complexity index is 2000. The van der Waals surface area contributed by atoms with Crippen molar-refractivity contribution in [2.75, 3.05) is 79.3 Å². The Morgan fingerprint density at radius 3 is 1.25 bits per heavy atom. The number of ether oxygens (including phenoxy) is 8. The Kier molecular flexibility index (Phi) is 11.1. The number of carbonyl (C=O) groups is 1. The lowest BCUT2D eigenvalue weighted by Gasteiger charge is -2.15. The van der Waals surface area contributed by atoms with Gasteiger partial charge in [-0.1, -0.05) is 48.5 Å². The Balaban J connectivity index is 1.06. The highest BCUT2D eigenvalue weighted by Crippen LogP contribution is 2.37. The number of hydrogen-bond donors (Lipinski definition) is 1. The SMILES string of the molecule is O=C(O)c1cc2cc(c1)OCCOCCOCCOc1cc3nc4c5ccccc5c5ccccc5c4nc3cc1OCCOCCOCCO2. The van der Waals surface area contributed by atoms with Gasteiger partial charge >= 0.3 is 5.97 Å². The van der Waals surface area contributed by atoms with Crippen LogP contribution in [-0.4, -0.2) is 100 Å². The highest BCUT2D eigenvalue weighted by atomic mass is 16.6. The third-order valence-corrected chi connectivity index (χ3v) is 8.22. The van der Waals surface area contributed by atoms with Gasteiger partial charge in [-0.3, -0.25) is 0 Å². The van der Waals surface area contributed by atoms with E-state index in [1.54, 1.807) is 6.07 Å². The lowest BCUT2D eigenvalue weighted by Crippen LogP contribution is -2.14. The zero-order chi connectivity index (χ0) is 34.8. The van der Waals surface area contributed by atoms with Crippen LogP contribution < -0.4 is 18.9 Å². The maximum atomic E-state index is 11.6. The van der Waals surface area contributed by atoms with E-state index in [4.69, 9.17) is 47.9 Å². The average Bonchev–Trinajstić information content (AvgIpc) is 3.15. The summed E-state index contributed by atoms with van der Waals surface area (Å²) in [4.78, 5) is 21.8. The summed E-state index contributed by atoms with van der Waals surface area (Å²) in [5.74, 6) is 0.726. The number of carboxylic acids is 1. The molecule has 0 aliphatic carbocycles. The van der Waals surface area contributed by atoms with Gasteiger partial charge in [-0.15, -0.1) is 0 Å². The van der Waals surface area contributed by atoms with Crippen LogP contribution in [0.3, 0.4) is 0 Å². The van der Waals surface area contributed by atoms with Gasteiger partial charge in [-0.05, 0) is 22.9 Å². The number of rotatable bonds is 1. The van der Waals surface area contributed by atoms with Crippen LogP contribution in [0.2, 0.25) is 0 Å². The molecule has 0 amide bonds. The summed E-state index contributed by atoms with van der Waals surface area (Å²) in [5, 5.41) is 13.8. The van der Waals surface area contributed by atoms with E-state index in [2.05, 4.69) is 24.3 Å². The number of benzene rings is 5. The highest BCUT2D eigenvalue weighted by Gasteiger charge is 2.16. The molecule has 6 aromatic rings. The maximum Gasteiger partial charge on any atom is 0.335 e. The van der Waals surface area contributed by atoms with Crippen LogP contribution in [-0.2, 0) is 18.9 Å². The molecule has 1 aliphatic heterocycles. The van der Waals surface area contributed by atoms with E-state index in [1.165, 1.54) is 12.1 Å². The van der Waals surface area contributed by atoms with Crippen LogP contribution in [0.5, 0.6) is 23.0 Å². The maximum absolute atomic E-state index is 11.6. The van der Waals surface area contributed by atoms with Crippen molar-refractivity contribution in [3.05, 3.63) is 84.4 Å². The molecule has 12 nitrogen and oxygen atoms in total. The van der Waals surface area contributed by atoms with Crippen LogP contribution in [0.15, 0.2) is 78.9 Å². The van der Waals surface area contributed by atoms with Gasteiger partial charge in [0.25, 0.3) is 0 Å². The molecule has 2 bridgehead atoms. The van der Waals surface area contributed by atoms with Crippen LogP contribution in [0.25, 0.3) is 43.6 Å². The Morgan fingerprint density at radius 2 is 0.843 bits per heavy atom. The van der Waals surface area contributed by atoms with Crippen molar-refractivity contribution in [1.29, 1.82) is 0 Å². The number of fused-ring (bicyclic) bond motifs is 10. The zero-order valence-corrected chi connectivity index (χ0v) is 28.0. The van der Waals surface area contributed by atoms with Gasteiger partial charge in [-0.25, -0.2) is 14.8 Å². The average molecular weight is 695 g/mol. The molecule has 12 heteroatoms. The van der Waals surface area contributed by atoms with Crippen molar-refractivity contribution in [2.24, 2.45) is 0 Å². The van der Waals surface area contributed by atoms with E-state index in [9.17, 15) is 9.90 Å². The van der Waals surface area contributed by atoms with Crippen molar-refractivity contribution in [3.8, 4) is 23.0 Å². The second-order valence-corrected chi connectivity index (χ2v) is 11.6. The largest absolute Gasteiger partial charge is 0.491 e. The molecule has 264 valence electrons. The van der Waals surface area contributed by atoms with Crippen molar-refractivity contribution >= 4 is 49.6 Å². The Morgan fingerprint density at radius 1 is 0.471 bits per heavy atom. The van der Waals surface area contributed by atoms with Gasteiger partial charge in [0.05, 0.1) is 80.5 Å². The first-order chi connectivity index (χ1) is 25.1. The van der Waals surface area contributed by atoms with Crippen LogP contribution in [0, 0.1) is 0 Å². The summed E-state index contributed by atoms with van der Waals surface area (Å²) in [6.45, 7) is 3.65. The van der Waals surface area contributed by atoms with E-state index in [1.807, 2.05) is 36.4 Å². The van der Waals surface area contributed by atoms with Gasteiger partial charge in [0.2, 0.25) is 0 Å². The number of hydrogen-bond acceptors (Lipinski definition) is 11. The minimum atomic E-state index is -1.08. The van der Waals surface area contributed by atoms with Crippen molar-refractivity contribution in [2.45, 2.75) is 0 Å². The van der Waals surface area contributed by atoms with Crippen LogP contribution in [0.1, 0.15) is 10.4 Å². The smallest absolute Gasteiger partial charge is 0.335 e. The molecule has 1 aromatic heterocycles. The van der Waals surface area contributed by atoms with E-state index in [-0.39, 0.29) is 32.0 Å². The van der Waals surface area contributed by atoms with Crippen molar-refractivity contribution < 1.29 is 47.8 Å². The third-order valence-electron chi connectivity index (χ3n) is 8.22. The first kappa shape index (κ1) is 34.2. The summed E-state index contributed by atoms with van der Waals surface area (Å²) in [6, 6.07) is 24.8. The number of aromatic carboxylic acids is 1. The molecule has 0 unspecified atom stereocenters. The third kappa shape index (κ3) is 8.38. The molecular formula is C39H38N2O10. The molecule has 0 radical (unpaired) electrons. The Labute approximate surface area is 293 Å². The second-order valence-electron chi connectivity index (χ2n) is 11.6. The summed E-state index contributed by atoms with van der Waals surface area (Å²) >= 11 is 0. The molecule has 1 N–H and O–H groups in total. The number of aromatic nitrogens is 2. The molecule has 0 fully saturated rings. The number of nitrogens with zero attached hydrogens (tertiary/aromatic N) is 2. The second kappa shape index (κ2) is 16.6. The fourth-order valence-electron chi connectivity index (χ4n) is 5.88. The quantitative estimate of drug-likeness (QED) is 0.158. The van der Waals surface area contributed by atoms with Gasteiger partial charge in [0, 0.05) is 29.0 Å². The summed E-state index contributed by atoms with van der Waals surface area (Å²) in [6.07, 6.45) is 0. The van der Waals surface area contributed by atoms with Gasteiger partial charge in [-0.2, -0.15) is 0 Å². The molecule has 1 aliphatic rings. The van der Waals surface area contributed by atoms with E-state index in [0.717, 1.165) is 32.6 Å². The molecule has 51 heavy (non-hydrogen) atoms. The van der Waals surface area contributed by atoms with Crippen LogP contribution in [0.4, 0.5) is 0 Å². The summed E-state index contributed by atoms with van der Waals surface area (Å²) in [7, 11) is 0. The predicted octanol–water partition coefficient (Wildman–Crippen LogP) is 6.08. The molecule has 0 saturated heterocycles. The fraction of sp³-hybridized carbons (Fsp3) is 0.308. The molecule has 0 spiro atoms. The van der Waals surface area contributed by atoms with E-state index >= 15 is 0 Å². The van der Waals surface area contributed by atoms with E-state index in [0.29, 0.717) is 86.9 Å². The lowest BCUT2D eigenvalue weighted by atomic mass is 9.99. The molecular weight excluding hydrogens is 656 g/mol. The fourth-order valence-corrected chi connectivity index (χ4v) is 5.88. The van der Waals surface area contributed by atoms with Crippen molar-refractivity contribution in [3.63, 3.8) is 0 Å². The van der Waals surface area contributed by atoms with Crippen LogP contribution >= 0.6 is 0 Å². The van der Waals surface area contributed by atoms with Gasteiger partial charge in [0.15, 0.2) is 11.5 Å². The molecule has 5 aromatic carbocycles. The first-order valence-corrected chi connectivity index (χ1v) is 16.9. The zero-order valence-electron chi connectivity index (χ0n) is 28.0. The minimum absolute atomic E-state index is 0.0615. The predicted molar refractivity (Wildman–Crippen MR) is 191 cm³/mol. The summed E-state index contributed by atoms with van der Waals surface area (Å²) < 4.78 is 46.5. The number of carboxylic acid groups (broad SMARTS) is 1. The Hall–Kier alpha value is -5.27. The molecule has 2 heterocycles. The normalized spacial score (nSPS) is 16.2. The van der Waals surface area contributed by atoms with E-state index < -0.39 is 5.97 Å². The van der Waals surface area contributed by atoms with Gasteiger partial charge in [0.1, 0.15) is 37.9 Å². The first-order valence-electron chi connectivity index (χ1n) is 16.9. The van der Waals surface area contributed by atoms with Crippen molar-refractivity contribution in [1.82, 2.24) is 9.97 Å². The molecule has 7 rings (SSSR count). The van der Waals surface area contributed by atoms with Gasteiger partial charge < -0.3 is 43.0 Å². The molecule has 0 atom stereocenters.